The summed E-state index contributed by atoms with van der Waals surface area (Å²) in [6, 6.07) is -0.493. The highest BCUT2D eigenvalue weighted by Gasteiger charge is 2.47. The van der Waals surface area contributed by atoms with Crippen molar-refractivity contribution in [2.45, 2.75) is 18.5 Å². The SMILES string of the molecule is NCC(=O)N1CCC2C1CN[C@H]2C(=O)O. The van der Waals surface area contributed by atoms with Crippen LogP contribution < -0.4 is 11.1 Å². The highest BCUT2D eigenvalue weighted by molar-refractivity contribution is 5.80. The maximum atomic E-state index is 11.5. The van der Waals surface area contributed by atoms with E-state index in [1.54, 1.807) is 4.90 Å². The topological polar surface area (TPSA) is 95.7 Å². The first-order chi connectivity index (χ1) is 7.15. The van der Waals surface area contributed by atoms with Gasteiger partial charge in [-0.3, -0.25) is 9.59 Å². The fourth-order valence-electron chi connectivity index (χ4n) is 2.62. The van der Waals surface area contributed by atoms with Crippen LogP contribution in [0.1, 0.15) is 6.42 Å². The summed E-state index contributed by atoms with van der Waals surface area (Å²) in [7, 11) is 0. The summed E-state index contributed by atoms with van der Waals surface area (Å²) in [6.07, 6.45) is 0.750. The van der Waals surface area contributed by atoms with Crippen LogP contribution in [0.2, 0.25) is 0 Å². The molecule has 4 N–H and O–H groups in total. The van der Waals surface area contributed by atoms with E-state index in [-0.39, 0.29) is 24.4 Å². The Morgan fingerprint density at radius 2 is 2.27 bits per heavy atom. The number of likely N-dealkylation sites (tertiary alicyclic amines) is 1. The van der Waals surface area contributed by atoms with Crippen molar-refractivity contribution in [1.82, 2.24) is 10.2 Å². The number of hydrogen-bond donors (Lipinski definition) is 3. The van der Waals surface area contributed by atoms with Crippen LogP contribution in [-0.2, 0) is 9.59 Å². The first-order valence-electron chi connectivity index (χ1n) is 5.11. The van der Waals surface area contributed by atoms with Gasteiger partial charge < -0.3 is 21.1 Å². The Labute approximate surface area is 87.4 Å². The van der Waals surface area contributed by atoms with Gasteiger partial charge in [-0.25, -0.2) is 0 Å². The van der Waals surface area contributed by atoms with Crippen LogP contribution in [0, 0.1) is 5.92 Å². The lowest BCUT2D eigenvalue weighted by Crippen LogP contribution is -2.42. The fraction of sp³-hybridized carbons (Fsp3) is 0.778. The van der Waals surface area contributed by atoms with Crippen molar-refractivity contribution in [3.8, 4) is 0 Å². The Hall–Kier alpha value is -1.14. The Balaban J connectivity index is 2.08. The molecule has 6 nitrogen and oxygen atoms in total. The number of amides is 1. The molecule has 84 valence electrons. The quantitative estimate of drug-likeness (QED) is 0.504. The van der Waals surface area contributed by atoms with Gasteiger partial charge in [0, 0.05) is 25.0 Å². The molecule has 2 aliphatic rings. The van der Waals surface area contributed by atoms with Crippen LogP contribution in [-0.4, -0.2) is 53.6 Å². The normalized spacial score (nSPS) is 34.2. The smallest absolute Gasteiger partial charge is 0.321 e. The van der Waals surface area contributed by atoms with E-state index < -0.39 is 12.0 Å². The van der Waals surface area contributed by atoms with Crippen molar-refractivity contribution in [2.24, 2.45) is 11.7 Å². The molecule has 0 aromatic rings. The molecule has 2 aliphatic heterocycles. The third kappa shape index (κ3) is 1.59. The summed E-state index contributed by atoms with van der Waals surface area (Å²) in [5.41, 5.74) is 5.30. The standard InChI is InChI=1S/C9H15N3O3/c10-3-7(13)12-2-1-5-6(12)4-11-8(5)9(14)15/h5-6,8,11H,1-4,10H2,(H,14,15)/t5?,6?,8-/m1/s1. The molecule has 0 spiro atoms. The average molecular weight is 213 g/mol. The number of carbonyl (C=O) groups excluding carboxylic acids is 1. The second-order valence-corrected chi connectivity index (χ2v) is 4.04. The number of nitrogens with two attached hydrogens (primary N) is 1. The van der Waals surface area contributed by atoms with E-state index >= 15 is 0 Å². The largest absolute Gasteiger partial charge is 0.480 e. The zero-order chi connectivity index (χ0) is 11.0. The zero-order valence-corrected chi connectivity index (χ0v) is 8.35. The number of rotatable bonds is 2. The summed E-state index contributed by atoms with van der Waals surface area (Å²) in [5.74, 6) is -0.877. The molecule has 0 aromatic heterocycles. The predicted octanol–water partition coefficient (Wildman–Crippen LogP) is -1.78. The molecule has 15 heavy (non-hydrogen) atoms. The molecule has 0 saturated carbocycles. The zero-order valence-electron chi connectivity index (χ0n) is 8.35. The second kappa shape index (κ2) is 3.79. The van der Waals surface area contributed by atoms with Gasteiger partial charge in [0.15, 0.2) is 0 Å². The van der Waals surface area contributed by atoms with Crippen LogP contribution in [0.5, 0.6) is 0 Å². The second-order valence-electron chi connectivity index (χ2n) is 4.04. The van der Waals surface area contributed by atoms with Crippen molar-refractivity contribution in [3.63, 3.8) is 0 Å². The first-order valence-corrected chi connectivity index (χ1v) is 5.11. The lowest BCUT2D eigenvalue weighted by atomic mass is 9.97. The predicted molar refractivity (Wildman–Crippen MR) is 52.1 cm³/mol. The maximum absolute atomic E-state index is 11.5. The molecule has 2 unspecified atom stereocenters. The van der Waals surface area contributed by atoms with Crippen LogP contribution >= 0.6 is 0 Å². The fourth-order valence-corrected chi connectivity index (χ4v) is 2.62. The average Bonchev–Trinajstić information content (AvgIpc) is 2.75. The van der Waals surface area contributed by atoms with E-state index in [0.29, 0.717) is 13.1 Å². The van der Waals surface area contributed by atoms with Crippen LogP contribution in [0.4, 0.5) is 0 Å². The summed E-state index contributed by atoms with van der Waals surface area (Å²) >= 11 is 0. The molecule has 2 fully saturated rings. The van der Waals surface area contributed by atoms with E-state index in [0.717, 1.165) is 6.42 Å². The molecule has 0 bridgehead atoms. The third-order valence-corrected chi connectivity index (χ3v) is 3.33. The van der Waals surface area contributed by atoms with E-state index in [2.05, 4.69) is 5.32 Å². The molecule has 0 aromatic carbocycles. The minimum absolute atomic E-state index is 0.000950. The van der Waals surface area contributed by atoms with Gasteiger partial charge in [-0.2, -0.15) is 0 Å². The van der Waals surface area contributed by atoms with E-state index in [1.807, 2.05) is 0 Å². The van der Waals surface area contributed by atoms with Gasteiger partial charge in [0.1, 0.15) is 6.04 Å². The Morgan fingerprint density at radius 3 is 2.87 bits per heavy atom. The van der Waals surface area contributed by atoms with Gasteiger partial charge in [-0.05, 0) is 6.42 Å². The van der Waals surface area contributed by atoms with Crippen LogP contribution in [0.15, 0.2) is 0 Å². The van der Waals surface area contributed by atoms with Gasteiger partial charge >= 0.3 is 5.97 Å². The molecular formula is C9H15N3O3. The summed E-state index contributed by atoms with van der Waals surface area (Å²) in [6.45, 7) is 1.20. The van der Waals surface area contributed by atoms with Gasteiger partial charge in [0.25, 0.3) is 0 Å². The molecule has 1 amide bonds. The number of carboxylic acids is 1. The summed E-state index contributed by atoms with van der Waals surface area (Å²) in [4.78, 5) is 24.1. The number of carbonyl (C=O) groups is 2. The van der Waals surface area contributed by atoms with Gasteiger partial charge in [-0.1, -0.05) is 0 Å². The van der Waals surface area contributed by atoms with Crippen molar-refractivity contribution >= 4 is 11.9 Å². The number of nitrogens with zero attached hydrogens (tertiary/aromatic N) is 1. The number of fused-ring (bicyclic) bond motifs is 1. The highest BCUT2D eigenvalue weighted by Crippen LogP contribution is 2.31. The van der Waals surface area contributed by atoms with E-state index in [9.17, 15) is 9.59 Å². The number of hydrogen-bond acceptors (Lipinski definition) is 4. The third-order valence-electron chi connectivity index (χ3n) is 3.33. The van der Waals surface area contributed by atoms with Crippen LogP contribution in [0.25, 0.3) is 0 Å². The highest BCUT2D eigenvalue weighted by atomic mass is 16.4. The number of nitrogens with one attached hydrogen (secondary N) is 1. The van der Waals surface area contributed by atoms with Gasteiger partial charge in [-0.15, -0.1) is 0 Å². The molecular weight excluding hydrogens is 198 g/mol. The first kappa shape index (κ1) is 10.4. The number of carboxylic acid groups (broad SMARTS) is 1. The Kier molecular flexibility index (Phi) is 2.62. The molecule has 2 saturated heterocycles. The summed E-state index contributed by atoms with van der Waals surface area (Å²) < 4.78 is 0. The minimum Gasteiger partial charge on any atom is -0.480 e. The van der Waals surface area contributed by atoms with Crippen molar-refractivity contribution < 1.29 is 14.7 Å². The Morgan fingerprint density at radius 1 is 1.53 bits per heavy atom. The summed E-state index contributed by atoms with van der Waals surface area (Å²) in [5, 5.41) is 11.9. The lowest BCUT2D eigenvalue weighted by molar-refractivity contribution is -0.140. The van der Waals surface area contributed by atoms with Crippen molar-refractivity contribution in [3.05, 3.63) is 0 Å². The molecule has 0 aliphatic carbocycles. The monoisotopic (exact) mass is 213 g/mol. The molecule has 2 heterocycles. The van der Waals surface area contributed by atoms with Crippen molar-refractivity contribution in [1.29, 1.82) is 0 Å². The Bertz CT molecular complexity index is 294. The molecule has 3 atom stereocenters. The van der Waals surface area contributed by atoms with Gasteiger partial charge in [0.2, 0.25) is 5.91 Å². The number of aliphatic carboxylic acids is 1. The maximum Gasteiger partial charge on any atom is 0.321 e. The lowest BCUT2D eigenvalue weighted by Gasteiger charge is -2.22. The van der Waals surface area contributed by atoms with E-state index in [4.69, 9.17) is 10.8 Å². The molecule has 0 radical (unpaired) electrons. The molecule has 2 rings (SSSR count). The van der Waals surface area contributed by atoms with Crippen LogP contribution in [0.3, 0.4) is 0 Å². The molecule has 6 heteroatoms. The minimum atomic E-state index is -0.829. The van der Waals surface area contributed by atoms with Crippen molar-refractivity contribution in [2.75, 3.05) is 19.6 Å². The van der Waals surface area contributed by atoms with E-state index in [1.165, 1.54) is 0 Å². The van der Waals surface area contributed by atoms with Gasteiger partial charge in [0.05, 0.1) is 6.54 Å².